The minimum Gasteiger partial charge on any atom is -0.303 e. The zero-order valence-corrected chi connectivity index (χ0v) is 9.87. The molecule has 1 aliphatic carbocycles. The first kappa shape index (κ1) is 12.4. The summed E-state index contributed by atoms with van der Waals surface area (Å²) in [5.41, 5.74) is 0. The molecule has 0 saturated heterocycles. The smallest absolute Gasteiger partial charge is 0.136 e. The van der Waals surface area contributed by atoms with Gasteiger partial charge in [-0.2, -0.15) is 0 Å². The van der Waals surface area contributed by atoms with Gasteiger partial charge >= 0.3 is 0 Å². The fourth-order valence-electron chi connectivity index (χ4n) is 2.65. The Kier molecular flexibility index (Phi) is 5.00. The molecule has 1 saturated carbocycles. The van der Waals surface area contributed by atoms with E-state index in [2.05, 4.69) is 6.92 Å². The summed E-state index contributed by atoms with van der Waals surface area (Å²) in [6, 6.07) is 0. The number of carbonyl (C=O) groups excluding carboxylic acids is 2. The Hall–Kier alpha value is -0.660. The van der Waals surface area contributed by atoms with E-state index in [1.54, 1.807) is 0 Å². The van der Waals surface area contributed by atoms with E-state index in [1.165, 1.54) is 12.8 Å². The van der Waals surface area contributed by atoms with E-state index < -0.39 is 0 Å². The van der Waals surface area contributed by atoms with Crippen molar-refractivity contribution in [3.8, 4) is 0 Å². The Balaban J connectivity index is 2.48. The lowest BCUT2D eigenvalue weighted by Crippen LogP contribution is -2.21. The molecule has 0 bridgehead atoms. The average Bonchev–Trinajstić information content (AvgIpc) is 2.60. The lowest BCUT2D eigenvalue weighted by molar-refractivity contribution is -0.122. The SMILES string of the molecule is CCCCCC1C(=O)CCC1C(C)C=O. The highest BCUT2D eigenvalue weighted by Crippen LogP contribution is 2.36. The Bertz CT molecular complexity index is 223. The molecular formula is C13H22O2. The molecule has 0 aromatic rings. The van der Waals surface area contributed by atoms with Gasteiger partial charge in [-0.1, -0.05) is 33.1 Å². The maximum absolute atomic E-state index is 11.7. The van der Waals surface area contributed by atoms with Crippen LogP contribution in [-0.2, 0) is 9.59 Å². The second kappa shape index (κ2) is 6.04. The predicted octanol–water partition coefficient (Wildman–Crippen LogP) is 3.00. The van der Waals surface area contributed by atoms with Crippen LogP contribution in [0.25, 0.3) is 0 Å². The van der Waals surface area contributed by atoms with Crippen molar-refractivity contribution in [2.24, 2.45) is 17.8 Å². The van der Waals surface area contributed by atoms with Gasteiger partial charge in [-0.15, -0.1) is 0 Å². The molecule has 1 aliphatic rings. The van der Waals surface area contributed by atoms with Gasteiger partial charge in [0.15, 0.2) is 0 Å². The van der Waals surface area contributed by atoms with Gasteiger partial charge in [0.2, 0.25) is 0 Å². The largest absolute Gasteiger partial charge is 0.303 e. The maximum Gasteiger partial charge on any atom is 0.136 e. The molecular weight excluding hydrogens is 188 g/mol. The van der Waals surface area contributed by atoms with Gasteiger partial charge in [0, 0.05) is 18.3 Å². The summed E-state index contributed by atoms with van der Waals surface area (Å²) in [6.45, 7) is 4.12. The molecule has 1 fully saturated rings. The number of aldehydes is 1. The quantitative estimate of drug-likeness (QED) is 0.499. The fourth-order valence-corrected chi connectivity index (χ4v) is 2.65. The lowest BCUT2D eigenvalue weighted by atomic mass is 9.82. The fraction of sp³-hybridized carbons (Fsp3) is 0.846. The van der Waals surface area contributed by atoms with Crippen molar-refractivity contribution in [3.63, 3.8) is 0 Å². The highest BCUT2D eigenvalue weighted by molar-refractivity contribution is 5.84. The summed E-state index contributed by atoms with van der Waals surface area (Å²) in [7, 11) is 0. The number of Topliss-reactive ketones (excluding diaryl/α,β-unsaturated/α-hetero) is 1. The first-order valence-electron chi connectivity index (χ1n) is 6.18. The lowest BCUT2D eigenvalue weighted by Gasteiger charge is -2.20. The molecule has 1 rings (SSSR count). The monoisotopic (exact) mass is 210 g/mol. The minimum absolute atomic E-state index is 0.0584. The van der Waals surface area contributed by atoms with E-state index in [0.717, 1.165) is 25.5 Å². The Morgan fingerprint density at radius 1 is 1.47 bits per heavy atom. The molecule has 86 valence electrons. The normalized spacial score (nSPS) is 28.0. The van der Waals surface area contributed by atoms with Crippen LogP contribution in [0.2, 0.25) is 0 Å². The predicted molar refractivity (Wildman–Crippen MR) is 60.6 cm³/mol. The van der Waals surface area contributed by atoms with Crippen molar-refractivity contribution in [3.05, 3.63) is 0 Å². The van der Waals surface area contributed by atoms with E-state index in [4.69, 9.17) is 0 Å². The molecule has 2 heteroatoms. The molecule has 0 heterocycles. The Labute approximate surface area is 92.4 Å². The molecule has 0 radical (unpaired) electrons. The van der Waals surface area contributed by atoms with Gasteiger partial charge in [-0.05, 0) is 18.8 Å². The van der Waals surface area contributed by atoms with Crippen LogP contribution in [-0.4, -0.2) is 12.1 Å². The standard InChI is InChI=1S/C13H22O2/c1-3-4-5-6-12-11(10(2)9-14)7-8-13(12)15/h9-12H,3-8H2,1-2H3. The molecule has 15 heavy (non-hydrogen) atoms. The first-order valence-corrected chi connectivity index (χ1v) is 6.18. The number of ketones is 1. The third-order valence-corrected chi connectivity index (χ3v) is 3.66. The van der Waals surface area contributed by atoms with Crippen LogP contribution in [0.1, 0.15) is 52.4 Å². The number of unbranched alkanes of at least 4 members (excludes halogenated alkanes) is 2. The Morgan fingerprint density at radius 3 is 2.80 bits per heavy atom. The highest BCUT2D eigenvalue weighted by Gasteiger charge is 2.36. The van der Waals surface area contributed by atoms with Crippen LogP contribution in [0.4, 0.5) is 0 Å². The van der Waals surface area contributed by atoms with E-state index >= 15 is 0 Å². The van der Waals surface area contributed by atoms with Crippen molar-refractivity contribution in [1.82, 2.24) is 0 Å². The van der Waals surface area contributed by atoms with Gasteiger partial charge < -0.3 is 4.79 Å². The number of hydrogen-bond donors (Lipinski definition) is 0. The molecule has 0 amide bonds. The molecule has 0 N–H and O–H groups in total. The van der Waals surface area contributed by atoms with Crippen LogP contribution in [0, 0.1) is 17.8 Å². The van der Waals surface area contributed by atoms with E-state index in [1.807, 2.05) is 6.92 Å². The average molecular weight is 210 g/mol. The van der Waals surface area contributed by atoms with Crippen molar-refractivity contribution in [1.29, 1.82) is 0 Å². The van der Waals surface area contributed by atoms with Crippen molar-refractivity contribution >= 4 is 12.1 Å². The van der Waals surface area contributed by atoms with Gasteiger partial charge in [0.05, 0.1) is 0 Å². The Morgan fingerprint density at radius 2 is 2.20 bits per heavy atom. The van der Waals surface area contributed by atoms with Crippen LogP contribution < -0.4 is 0 Å². The third-order valence-electron chi connectivity index (χ3n) is 3.66. The summed E-state index contributed by atoms with van der Waals surface area (Å²) in [5, 5.41) is 0. The minimum atomic E-state index is 0.0584. The molecule has 0 spiro atoms. The van der Waals surface area contributed by atoms with E-state index in [0.29, 0.717) is 18.1 Å². The van der Waals surface area contributed by atoms with Crippen LogP contribution in [0.15, 0.2) is 0 Å². The first-order chi connectivity index (χ1) is 7.20. The molecule has 0 aromatic heterocycles. The van der Waals surface area contributed by atoms with Gasteiger partial charge in [-0.25, -0.2) is 0 Å². The number of rotatable bonds is 6. The molecule has 3 unspecified atom stereocenters. The molecule has 0 aromatic carbocycles. The second-order valence-corrected chi connectivity index (χ2v) is 4.77. The second-order valence-electron chi connectivity index (χ2n) is 4.77. The summed E-state index contributed by atoms with van der Waals surface area (Å²) in [5.74, 6) is 0.955. The van der Waals surface area contributed by atoms with Crippen molar-refractivity contribution in [2.45, 2.75) is 52.4 Å². The number of hydrogen-bond acceptors (Lipinski definition) is 2. The van der Waals surface area contributed by atoms with Gasteiger partial charge in [-0.3, -0.25) is 4.79 Å². The highest BCUT2D eigenvalue weighted by atomic mass is 16.1. The number of carbonyl (C=O) groups is 2. The maximum atomic E-state index is 11.7. The zero-order valence-electron chi connectivity index (χ0n) is 9.87. The summed E-state index contributed by atoms with van der Waals surface area (Å²) < 4.78 is 0. The van der Waals surface area contributed by atoms with E-state index in [-0.39, 0.29) is 11.8 Å². The third kappa shape index (κ3) is 3.15. The molecule has 2 nitrogen and oxygen atoms in total. The summed E-state index contributed by atoms with van der Waals surface area (Å²) in [4.78, 5) is 22.4. The van der Waals surface area contributed by atoms with Gasteiger partial charge in [0.25, 0.3) is 0 Å². The molecule has 3 atom stereocenters. The molecule has 0 aliphatic heterocycles. The summed E-state index contributed by atoms with van der Waals surface area (Å²) in [6.07, 6.45) is 7.15. The van der Waals surface area contributed by atoms with Crippen molar-refractivity contribution < 1.29 is 9.59 Å². The van der Waals surface area contributed by atoms with Crippen molar-refractivity contribution in [2.75, 3.05) is 0 Å². The van der Waals surface area contributed by atoms with Crippen LogP contribution in [0.5, 0.6) is 0 Å². The van der Waals surface area contributed by atoms with Crippen LogP contribution >= 0.6 is 0 Å². The summed E-state index contributed by atoms with van der Waals surface area (Å²) >= 11 is 0. The topological polar surface area (TPSA) is 34.1 Å². The zero-order chi connectivity index (χ0) is 11.3. The van der Waals surface area contributed by atoms with Crippen LogP contribution in [0.3, 0.4) is 0 Å². The van der Waals surface area contributed by atoms with E-state index in [9.17, 15) is 9.59 Å². The van der Waals surface area contributed by atoms with Gasteiger partial charge in [0.1, 0.15) is 12.1 Å².